The zero-order valence-corrected chi connectivity index (χ0v) is 18.9. The van der Waals surface area contributed by atoms with Crippen molar-refractivity contribution in [1.82, 2.24) is 14.9 Å². The topological polar surface area (TPSA) is 56.2 Å². The molecule has 1 aromatic heterocycles. The van der Waals surface area contributed by atoms with Gasteiger partial charge in [0.25, 0.3) is 5.91 Å². The standard InChI is InChI=1S/C26H25ClFN3O2/c27-20-10-14-22(15-11-20)33-18-4-17-31-24-6-2-1-5-23(24)30-25(31)7-3-16-29-26(32)19-8-12-21(28)13-9-19/h1-2,5-6,8-15H,3-4,7,16-18H2,(H,29,32). The molecule has 3 aromatic carbocycles. The van der Waals surface area contributed by atoms with Crippen LogP contribution in [0.2, 0.25) is 5.02 Å². The summed E-state index contributed by atoms with van der Waals surface area (Å²) in [5, 5.41) is 3.57. The molecule has 5 nitrogen and oxygen atoms in total. The summed E-state index contributed by atoms with van der Waals surface area (Å²) in [6.07, 6.45) is 2.31. The molecule has 4 aromatic rings. The van der Waals surface area contributed by atoms with E-state index in [2.05, 4.69) is 16.0 Å². The lowest BCUT2D eigenvalue weighted by atomic mass is 10.2. The van der Waals surface area contributed by atoms with Gasteiger partial charge in [-0.2, -0.15) is 0 Å². The maximum absolute atomic E-state index is 13.0. The Bertz CT molecular complexity index is 1210. The summed E-state index contributed by atoms with van der Waals surface area (Å²) in [5.41, 5.74) is 2.50. The van der Waals surface area contributed by atoms with E-state index in [1.807, 2.05) is 42.5 Å². The summed E-state index contributed by atoms with van der Waals surface area (Å²) in [6.45, 7) is 1.88. The predicted molar refractivity (Wildman–Crippen MR) is 128 cm³/mol. The molecule has 0 aliphatic heterocycles. The van der Waals surface area contributed by atoms with Crippen LogP contribution in [-0.4, -0.2) is 28.6 Å². The SMILES string of the molecule is O=C(NCCCc1nc2ccccc2n1CCCOc1ccc(Cl)cc1)c1ccc(F)cc1. The average Bonchev–Trinajstić information content (AvgIpc) is 3.18. The number of aryl methyl sites for hydroxylation is 2. The monoisotopic (exact) mass is 465 g/mol. The third kappa shape index (κ3) is 6.11. The van der Waals surface area contributed by atoms with E-state index in [4.69, 9.17) is 21.3 Å². The molecule has 0 aliphatic rings. The fraction of sp³-hybridized carbons (Fsp3) is 0.231. The van der Waals surface area contributed by atoms with Gasteiger partial charge < -0.3 is 14.6 Å². The molecule has 33 heavy (non-hydrogen) atoms. The zero-order valence-electron chi connectivity index (χ0n) is 18.1. The maximum atomic E-state index is 13.0. The quantitative estimate of drug-likeness (QED) is 0.307. The number of hydrogen-bond acceptors (Lipinski definition) is 3. The third-order valence-electron chi connectivity index (χ3n) is 5.31. The van der Waals surface area contributed by atoms with Crippen LogP contribution in [0.15, 0.2) is 72.8 Å². The van der Waals surface area contributed by atoms with E-state index in [9.17, 15) is 9.18 Å². The smallest absolute Gasteiger partial charge is 0.251 e. The third-order valence-corrected chi connectivity index (χ3v) is 5.56. The highest BCUT2D eigenvalue weighted by molar-refractivity contribution is 6.30. The normalized spacial score (nSPS) is 11.0. The molecule has 7 heteroatoms. The fourth-order valence-corrected chi connectivity index (χ4v) is 3.79. The number of ether oxygens (including phenoxy) is 1. The van der Waals surface area contributed by atoms with Gasteiger partial charge in [-0.05, 0) is 73.5 Å². The Morgan fingerprint density at radius 1 is 1.00 bits per heavy atom. The first kappa shape index (κ1) is 22.8. The molecule has 0 aliphatic carbocycles. The number of para-hydroxylation sites is 2. The number of rotatable bonds is 10. The van der Waals surface area contributed by atoms with Gasteiger partial charge in [0.1, 0.15) is 17.4 Å². The molecular formula is C26H25ClFN3O2. The maximum Gasteiger partial charge on any atom is 0.251 e. The molecule has 0 unspecified atom stereocenters. The molecule has 0 saturated carbocycles. The number of hydrogen-bond donors (Lipinski definition) is 1. The largest absolute Gasteiger partial charge is 0.494 e. The summed E-state index contributed by atoms with van der Waals surface area (Å²) in [6, 6.07) is 21.0. The molecular weight excluding hydrogens is 441 g/mol. The van der Waals surface area contributed by atoms with Crippen LogP contribution in [0.4, 0.5) is 4.39 Å². The van der Waals surface area contributed by atoms with Gasteiger partial charge in [0.2, 0.25) is 0 Å². The van der Waals surface area contributed by atoms with Gasteiger partial charge in [-0.25, -0.2) is 9.37 Å². The first-order chi connectivity index (χ1) is 16.1. The molecule has 1 N–H and O–H groups in total. The number of benzene rings is 3. The van der Waals surface area contributed by atoms with Crippen molar-refractivity contribution in [2.75, 3.05) is 13.2 Å². The van der Waals surface area contributed by atoms with E-state index in [0.717, 1.165) is 48.4 Å². The Hall–Kier alpha value is -3.38. The number of halogens is 2. The second-order valence-electron chi connectivity index (χ2n) is 7.69. The van der Waals surface area contributed by atoms with Crippen LogP contribution in [0.1, 0.15) is 29.0 Å². The van der Waals surface area contributed by atoms with Crippen molar-refractivity contribution >= 4 is 28.5 Å². The van der Waals surface area contributed by atoms with E-state index in [0.29, 0.717) is 23.7 Å². The van der Waals surface area contributed by atoms with Crippen molar-refractivity contribution in [3.8, 4) is 5.75 Å². The Labute approximate surface area is 197 Å². The Balaban J connectivity index is 1.32. The molecule has 0 radical (unpaired) electrons. The van der Waals surface area contributed by atoms with Crippen molar-refractivity contribution in [1.29, 1.82) is 0 Å². The van der Waals surface area contributed by atoms with Crippen LogP contribution in [0.5, 0.6) is 5.75 Å². The summed E-state index contributed by atoms with van der Waals surface area (Å²) < 4.78 is 21.1. The molecule has 170 valence electrons. The number of amides is 1. The van der Waals surface area contributed by atoms with Crippen LogP contribution in [0, 0.1) is 5.82 Å². The van der Waals surface area contributed by atoms with Crippen molar-refractivity contribution in [3.05, 3.63) is 95.0 Å². The second kappa shape index (κ2) is 11.0. The van der Waals surface area contributed by atoms with E-state index >= 15 is 0 Å². The Morgan fingerprint density at radius 3 is 2.55 bits per heavy atom. The van der Waals surface area contributed by atoms with E-state index in [1.54, 1.807) is 0 Å². The molecule has 0 saturated heterocycles. The average molecular weight is 466 g/mol. The molecule has 4 rings (SSSR count). The lowest BCUT2D eigenvalue weighted by molar-refractivity contribution is 0.0953. The number of nitrogens with one attached hydrogen (secondary N) is 1. The van der Waals surface area contributed by atoms with Gasteiger partial charge in [0, 0.05) is 30.1 Å². The van der Waals surface area contributed by atoms with Crippen LogP contribution in [0.3, 0.4) is 0 Å². The molecule has 1 heterocycles. The van der Waals surface area contributed by atoms with E-state index < -0.39 is 0 Å². The number of carbonyl (C=O) groups is 1. The Morgan fingerprint density at radius 2 is 1.76 bits per heavy atom. The highest BCUT2D eigenvalue weighted by atomic mass is 35.5. The van der Waals surface area contributed by atoms with Crippen LogP contribution >= 0.6 is 11.6 Å². The van der Waals surface area contributed by atoms with Crippen LogP contribution < -0.4 is 10.1 Å². The highest BCUT2D eigenvalue weighted by Gasteiger charge is 2.11. The van der Waals surface area contributed by atoms with Gasteiger partial charge in [-0.1, -0.05) is 23.7 Å². The van der Waals surface area contributed by atoms with Gasteiger partial charge in [-0.3, -0.25) is 4.79 Å². The lowest BCUT2D eigenvalue weighted by Gasteiger charge is -2.11. The summed E-state index contributed by atoms with van der Waals surface area (Å²) in [7, 11) is 0. The number of fused-ring (bicyclic) bond motifs is 1. The Kier molecular flexibility index (Phi) is 7.58. The van der Waals surface area contributed by atoms with Gasteiger partial charge in [0.15, 0.2) is 0 Å². The lowest BCUT2D eigenvalue weighted by Crippen LogP contribution is -2.25. The highest BCUT2D eigenvalue weighted by Crippen LogP contribution is 2.19. The van der Waals surface area contributed by atoms with Gasteiger partial charge in [-0.15, -0.1) is 0 Å². The molecule has 0 atom stereocenters. The fourth-order valence-electron chi connectivity index (χ4n) is 3.66. The molecule has 0 spiro atoms. The zero-order chi connectivity index (χ0) is 23.0. The van der Waals surface area contributed by atoms with Gasteiger partial charge >= 0.3 is 0 Å². The van der Waals surface area contributed by atoms with Crippen LogP contribution in [0.25, 0.3) is 11.0 Å². The minimum Gasteiger partial charge on any atom is -0.494 e. The van der Waals surface area contributed by atoms with E-state index in [-0.39, 0.29) is 11.7 Å². The minimum atomic E-state index is -0.357. The first-order valence-corrected chi connectivity index (χ1v) is 11.3. The number of nitrogens with zero attached hydrogens (tertiary/aromatic N) is 2. The van der Waals surface area contributed by atoms with E-state index in [1.165, 1.54) is 24.3 Å². The summed E-state index contributed by atoms with van der Waals surface area (Å²) in [4.78, 5) is 17.0. The molecule has 0 fully saturated rings. The number of imidazole rings is 1. The van der Waals surface area contributed by atoms with Crippen molar-refractivity contribution in [3.63, 3.8) is 0 Å². The molecule has 0 bridgehead atoms. The van der Waals surface area contributed by atoms with Crippen LogP contribution in [-0.2, 0) is 13.0 Å². The predicted octanol–water partition coefficient (Wildman–Crippen LogP) is 5.66. The first-order valence-electron chi connectivity index (χ1n) is 11.0. The van der Waals surface area contributed by atoms with Crippen molar-refractivity contribution < 1.29 is 13.9 Å². The number of aromatic nitrogens is 2. The second-order valence-corrected chi connectivity index (χ2v) is 8.13. The van der Waals surface area contributed by atoms with Crippen molar-refractivity contribution in [2.24, 2.45) is 0 Å². The summed E-state index contributed by atoms with van der Waals surface area (Å²) >= 11 is 5.92. The minimum absolute atomic E-state index is 0.206. The number of carbonyl (C=O) groups excluding carboxylic acids is 1. The van der Waals surface area contributed by atoms with Gasteiger partial charge in [0.05, 0.1) is 17.6 Å². The van der Waals surface area contributed by atoms with Crippen molar-refractivity contribution in [2.45, 2.75) is 25.8 Å². The molecule has 1 amide bonds. The summed E-state index contributed by atoms with van der Waals surface area (Å²) in [5.74, 6) is 1.22.